The molecule has 5 nitrogen and oxygen atoms in total. The summed E-state index contributed by atoms with van der Waals surface area (Å²) in [5, 5.41) is 16.6. The molecule has 142 valence electrons. The summed E-state index contributed by atoms with van der Waals surface area (Å²) in [6, 6.07) is 6.49. The van der Waals surface area contributed by atoms with Crippen LogP contribution >= 0.6 is 9.24 Å². The third-order valence-corrected chi connectivity index (χ3v) is 4.55. The number of rotatable bonds is 9. The van der Waals surface area contributed by atoms with Crippen LogP contribution in [0.25, 0.3) is 11.9 Å². The van der Waals surface area contributed by atoms with E-state index in [9.17, 15) is 0 Å². The molecule has 2 heterocycles. The predicted octanol–water partition coefficient (Wildman–Crippen LogP) is 2.75. The summed E-state index contributed by atoms with van der Waals surface area (Å²) in [5.74, 6) is 3.49. The number of pyridine rings is 1. The third-order valence-electron chi connectivity index (χ3n) is 4.19. The van der Waals surface area contributed by atoms with Crippen molar-refractivity contribution in [2.45, 2.75) is 59.2 Å². The first kappa shape index (κ1) is 20.6. The molecule has 2 rings (SSSR count). The smallest absolute Gasteiger partial charge is 0.149 e. The normalized spacial score (nSPS) is 15.5. The molecule has 3 N–H and O–H groups in total. The van der Waals surface area contributed by atoms with Crippen LogP contribution in [-0.4, -0.2) is 27.4 Å². The fourth-order valence-corrected chi connectivity index (χ4v) is 3.37. The Morgan fingerprint density at radius 3 is 2.77 bits per heavy atom. The molecule has 0 saturated carbocycles. The molecule has 2 aromatic heterocycles. The van der Waals surface area contributed by atoms with Crippen molar-refractivity contribution in [3.63, 3.8) is 0 Å². The van der Waals surface area contributed by atoms with E-state index in [0.29, 0.717) is 12.0 Å². The summed E-state index contributed by atoms with van der Waals surface area (Å²) >= 11 is 0. The summed E-state index contributed by atoms with van der Waals surface area (Å²) in [4.78, 5) is 4.54. The highest BCUT2D eigenvalue weighted by atomic mass is 31.0. The van der Waals surface area contributed by atoms with E-state index in [1.165, 1.54) is 0 Å². The van der Waals surface area contributed by atoms with E-state index < -0.39 is 0 Å². The van der Waals surface area contributed by atoms with Gasteiger partial charge in [0.05, 0.1) is 11.5 Å². The zero-order valence-electron chi connectivity index (χ0n) is 16.3. The number of aromatic amines is 1. The number of H-pyrrole nitrogens is 1. The lowest BCUT2D eigenvalue weighted by molar-refractivity contribution is 0.388. The topological polar surface area (TPSA) is 65.6 Å². The number of hydrogen-bond donors (Lipinski definition) is 3. The standard InChI is InChI=1S/C20H32N5P/c1-5-7-17(10-14(2)3)22-19(23-20-11-15(4)24-25-20)12-18-16(13-26)8-6-9-21-18/h6,8-9,11-14,17,19,22H,5,7,10,26H2,1-4H3,(H2,23,24,25)/b16-13-,18-12+. The van der Waals surface area contributed by atoms with Gasteiger partial charge in [0.25, 0.3) is 0 Å². The molecule has 0 amide bonds. The van der Waals surface area contributed by atoms with Gasteiger partial charge in [0.2, 0.25) is 0 Å². The SMILES string of the molecule is CCCC(CC(C)C)NC(/C=c1/nccc/c1=C/P)Nc1cc(C)[nH]n1. The van der Waals surface area contributed by atoms with Crippen molar-refractivity contribution in [2.75, 3.05) is 5.32 Å². The summed E-state index contributed by atoms with van der Waals surface area (Å²) in [5.41, 5.74) is 1.04. The van der Waals surface area contributed by atoms with Crippen LogP contribution in [0.1, 0.15) is 45.7 Å². The van der Waals surface area contributed by atoms with E-state index in [1.54, 1.807) is 0 Å². The number of aromatic nitrogens is 3. The molecule has 0 radical (unpaired) electrons. The minimum absolute atomic E-state index is 0.0494. The van der Waals surface area contributed by atoms with Crippen molar-refractivity contribution in [2.24, 2.45) is 5.92 Å². The highest BCUT2D eigenvalue weighted by molar-refractivity contribution is 7.27. The van der Waals surface area contributed by atoms with Crippen molar-refractivity contribution < 1.29 is 0 Å². The van der Waals surface area contributed by atoms with Gasteiger partial charge in [0.1, 0.15) is 5.82 Å². The van der Waals surface area contributed by atoms with Gasteiger partial charge in [-0.3, -0.25) is 15.4 Å². The predicted molar refractivity (Wildman–Crippen MR) is 114 cm³/mol. The van der Waals surface area contributed by atoms with Crippen LogP contribution in [0.2, 0.25) is 0 Å². The number of aryl methyl sites for hydroxylation is 1. The van der Waals surface area contributed by atoms with E-state index in [-0.39, 0.29) is 6.17 Å². The first-order valence-corrected chi connectivity index (χ1v) is 10.1. The molecule has 0 fully saturated rings. The third kappa shape index (κ3) is 6.54. The molecule has 0 spiro atoms. The van der Waals surface area contributed by atoms with Crippen LogP contribution in [0.5, 0.6) is 0 Å². The Morgan fingerprint density at radius 1 is 1.35 bits per heavy atom. The van der Waals surface area contributed by atoms with Gasteiger partial charge in [-0.05, 0) is 43.0 Å². The van der Waals surface area contributed by atoms with Crippen molar-refractivity contribution in [1.29, 1.82) is 0 Å². The Bertz CT molecular complexity index is 783. The van der Waals surface area contributed by atoms with Gasteiger partial charge in [-0.15, -0.1) is 9.24 Å². The zero-order valence-corrected chi connectivity index (χ0v) is 17.4. The van der Waals surface area contributed by atoms with Crippen molar-refractivity contribution >= 4 is 27.0 Å². The van der Waals surface area contributed by atoms with Gasteiger partial charge in [-0.2, -0.15) is 5.10 Å². The molecular formula is C20H32N5P. The van der Waals surface area contributed by atoms with Gasteiger partial charge < -0.3 is 5.32 Å². The average molecular weight is 373 g/mol. The Kier molecular flexibility index (Phi) is 8.27. The minimum atomic E-state index is -0.0494. The molecule has 0 aliphatic heterocycles. The molecule has 26 heavy (non-hydrogen) atoms. The lowest BCUT2D eigenvalue weighted by Gasteiger charge is -2.25. The van der Waals surface area contributed by atoms with Crippen LogP contribution < -0.4 is 21.2 Å². The van der Waals surface area contributed by atoms with E-state index in [0.717, 1.165) is 41.3 Å². The van der Waals surface area contributed by atoms with Gasteiger partial charge >= 0.3 is 0 Å². The monoisotopic (exact) mass is 373 g/mol. The Hall–Kier alpha value is -1.71. The zero-order chi connectivity index (χ0) is 18.9. The molecule has 3 unspecified atom stereocenters. The van der Waals surface area contributed by atoms with Crippen LogP contribution in [0.15, 0.2) is 24.4 Å². The maximum absolute atomic E-state index is 4.54. The van der Waals surface area contributed by atoms with Gasteiger partial charge in [-0.25, -0.2) is 0 Å². The summed E-state index contributed by atoms with van der Waals surface area (Å²) in [6.45, 7) is 8.78. The number of nitrogens with zero attached hydrogens (tertiary/aromatic N) is 2. The molecule has 2 aromatic rings. The van der Waals surface area contributed by atoms with E-state index >= 15 is 0 Å². The maximum Gasteiger partial charge on any atom is 0.149 e. The molecule has 0 aromatic carbocycles. The second-order valence-electron chi connectivity index (χ2n) is 7.15. The quantitative estimate of drug-likeness (QED) is 0.467. The number of nitrogens with one attached hydrogen (secondary N) is 3. The maximum atomic E-state index is 4.54. The first-order valence-electron chi connectivity index (χ1n) is 9.41. The summed E-state index contributed by atoms with van der Waals surface area (Å²) in [6.07, 6.45) is 7.37. The average Bonchev–Trinajstić information content (AvgIpc) is 3.00. The lowest BCUT2D eigenvalue weighted by Crippen LogP contribution is -2.44. The second kappa shape index (κ2) is 10.4. The van der Waals surface area contributed by atoms with E-state index in [2.05, 4.69) is 68.0 Å². The number of anilines is 1. The highest BCUT2D eigenvalue weighted by Gasteiger charge is 2.15. The first-order chi connectivity index (χ1) is 12.5. The van der Waals surface area contributed by atoms with E-state index in [1.807, 2.05) is 31.1 Å². The Labute approximate surface area is 159 Å². The lowest BCUT2D eigenvalue weighted by atomic mass is 10.00. The molecule has 0 saturated heterocycles. The van der Waals surface area contributed by atoms with Crippen LogP contribution in [-0.2, 0) is 0 Å². The van der Waals surface area contributed by atoms with E-state index in [4.69, 9.17) is 0 Å². The summed E-state index contributed by atoms with van der Waals surface area (Å²) < 4.78 is 0. The highest BCUT2D eigenvalue weighted by Crippen LogP contribution is 2.12. The molecule has 0 aliphatic carbocycles. The van der Waals surface area contributed by atoms with Crippen LogP contribution in [0.3, 0.4) is 0 Å². The Balaban J connectivity index is 2.31. The molecule has 0 bridgehead atoms. The fraction of sp³-hybridized carbons (Fsp3) is 0.500. The number of hydrogen-bond acceptors (Lipinski definition) is 4. The van der Waals surface area contributed by atoms with Gasteiger partial charge in [-0.1, -0.05) is 39.1 Å². The van der Waals surface area contributed by atoms with Gasteiger partial charge in [0.15, 0.2) is 0 Å². The summed E-state index contributed by atoms with van der Waals surface area (Å²) in [7, 11) is 2.66. The fourth-order valence-electron chi connectivity index (χ4n) is 3.09. The minimum Gasteiger partial charge on any atom is -0.350 e. The Morgan fingerprint density at radius 2 is 2.15 bits per heavy atom. The van der Waals surface area contributed by atoms with Crippen molar-refractivity contribution in [1.82, 2.24) is 20.5 Å². The van der Waals surface area contributed by atoms with Crippen molar-refractivity contribution in [3.8, 4) is 0 Å². The molecular weight excluding hydrogens is 341 g/mol. The molecule has 0 aliphatic rings. The van der Waals surface area contributed by atoms with Gasteiger partial charge in [0, 0.05) is 24.0 Å². The molecule has 6 heteroatoms. The molecule has 3 atom stereocenters. The van der Waals surface area contributed by atoms with Crippen LogP contribution in [0.4, 0.5) is 5.82 Å². The largest absolute Gasteiger partial charge is 0.350 e. The van der Waals surface area contributed by atoms with Crippen LogP contribution in [0, 0.1) is 12.8 Å². The van der Waals surface area contributed by atoms with Crippen molar-refractivity contribution in [3.05, 3.63) is 40.7 Å². The second-order valence-corrected chi connectivity index (χ2v) is 7.48.